The lowest BCUT2D eigenvalue weighted by Gasteiger charge is -2.36. The molecule has 1 aliphatic rings. The Balaban J connectivity index is 1.56. The Hall–Kier alpha value is -2.67. The summed E-state index contributed by atoms with van der Waals surface area (Å²) in [6.07, 6.45) is 0.911. The normalized spacial score (nSPS) is 14.3. The minimum atomic E-state index is -0.443. The van der Waals surface area contributed by atoms with Gasteiger partial charge in [-0.2, -0.15) is 0 Å². The molecule has 27 heavy (non-hydrogen) atoms. The molecule has 0 saturated carbocycles. The molecule has 2 aromatic carbocycles. The van der Waals surface area contributed by atoms with Gasteiger partial charge in [0.05, 0.1) is 4.92 Å². The highest BCUT2D eigenvalue weighted by Gasteiger charge is 2.25. The SMILES string of the molecule is O=C(CCc1ccc(F)cc1)N1CCN(c2ccc(Cl)cc2[N+](=O)[O-])CC1. The van der Waals surface area contributed by atoms with Gasteiger partial charge in [0, 0.05) is 43.7 Å². The summed E-state index contributed by atoms with van der Waals surface area (Å²) >= 11 is 5.86. The van der Waals surface area contributed by atoms with Crippen LogP contribution in [-0.2, 0) is 11.2 Å². The van der Waals surface area contributed by atoms with Gasteiger partial charge in [0.1, 0.15) is 11.5 Å². The first kappa shape index (κ1) is 19.1. The van der Waals surface area contributed by atoms with Crippen LogP contribution in [0.4, 0.5) is 15.8 Å². The van der Waals surface area contributed by atoms with Gasteiger partial charge in [-0.15, -0.1) is 0 Å². The molecule has 0 unspecified atom stereocenters. The van der Waals surface area contributed by atoms with Crippen molar-refractivity contribution >= 4 is 28.9 Å². The maximum absolute atomic E-state index is 12.9. The number of anilines is 1. The maximum Gasteiger partial charge on any atom is 0.294 e. The molecule has 0 aliphatic carbocycles. The van der Waals surface area contributed by atoms with Crippen LogP contribution in [0.5, 0.6) is 0 Å². The Bertz CT molecular complexity index is 837. The number of piperazine rings is 1. The molecule has 1 fully saturated rings. The number of nitro benzene ring substituents is 1. The lowest BCUT2D eigenvalue weighted by Crippen LogP contribution is -2.49. The fraction of sp³-hybridized carbons (Fsp3) is 0.316. The van der Waals surface area contributed by atoms with Gasteiger partial charge in [-0.3, -0.25) is 14.9 Å². The molecule has 0 radical (unpaired) electrons. The number of halogens is 2. The molecule has 1 aliphatic heterocycles. The molecular weight excluding hydrogens is 373 g/mol. The van der Waals surface area contributed by atoms with E-state index in [-0.39, 0.29) is 17.4 Å². The summed E-state index contributed by atoms with van der Waals surface area (Å²) in [5, 5.41) is 11.6. The Morgan fingerprint density at radius 3 is 2.41 bits per heavy atom. The van der Waals surface area contributed by atoms with Gasteiger partial charge in [-0.05, 0) is 36.2 Å². The summed E-state index contributed by atoms with van der Waals surface area (Å²) in [5.41, 5.74) is 1.40. The van der Waals surface area contributed by atoms with Crippen LogP contribution in [0.25, 0.3) is 0 Å². The number of carbonyl (C=O) groups is 1. The Morgan fingerprint density at radius 1 is 1.11 bits per heavy atom. The number of aryl methyl sites for hydroxylation is 1. The first-order valence-electron chi connectivity index (χ1n) is 8.65. The van der Waals surface area contributed by atoms with E-state index in [1.807, 2.05) is 4.90 Å². The predicted octanol–water partition coefficient (Wildman–Crippen LogP) is 3.67. The van der Waals surface area contributed by atoms with Crippen LogP contribution < -0.4 is 4.90 Å². The van der Waals surface area contributed by atoms with Crippen LogP contribution in [0.3, 0.4) is 0 Å². The maximum atomic E-state index is 12.9. The van der Waals surface area contributed by atoms with Crippen LogP contribution in [0, 0.1) is 15.9 Å². The molecule has 3 rings (SSSR count). The van der Waals surface area contributed by atoms with Crippen molar-refractivity contribution in [2.75, 3.05) is 31.1 Å². The fourth-order valence-electron chi connectivity index (χ4n) is 3.17. The molecule has 0 atom stereocenters. The number of hydrogen-bond donors (Lipinski definition) is 0. The average Bonchev–Trinajstić information content (AvgIpc) is 2.67. The summed E-state index contributed by atoms with van der Waals surface area (Å²) in [6, 6.07) is 10.8. The van der Waals surface area contributed by atoms with Crippen molar-refractivity contribution in [3.8, 4) is 0 Å². The third-order valence-corrected chi connectivity index (χ3v) is 4.88. The molecule has 1 heterocycles. The molecule has 1 amide bonds. The molecule has 0 bridgehead atoms. The smallest absolute Gasteiger partial charge is 0.294 e. The second-order valence-corrected chi connectivity index (χ2v) is 6.82. The molecule has 0 spiro atoms. The molecule has 1 saturated heterocycles. The standard InChI is InChI=1S/C19H19ClFN3O3/c20-15-4-7-17(18(13-15)24(26)27)22-9-11-23(12-10-22)19(25)8-3-14-1-5-16(21)6-2-14/h1-2,4-7,13H,3,8-12H2. The third kappa shape index (κ3) is 4.74. The second-order valence-electron chi connectivity index (χ2n) is 6.38. The summed E-state index contributed by atoms with van der Waals surface area (Å²) < 4.78 is 12.9. The topological polar surface area (TPSA) is 66.7 Å². The zero-order valence-corrected chi connectivity index (χ0v) is 15.4. The number of rotatable bonds is 5. The van der Waals surface area contributed by atoms with Crippen molar-refractivity contribution in [2.45, 2.75) is 12.8 Å². The highest BCUT2D eigenvalue weighted by Crippen LogP contribution is 2.31. The van der Waals surface area contributed by atoms with Gasteiger partial charge in [0.2, 0.25) is 5.91 Å². The van der Waals surface area contributed by atoms with Crippen LogP contribution in [0.2, 0.25) is 5.02 Å². The minimum Gasteiger partial charge on any atom is -0.362 e. The van der Waals surface area contributed by atoms with E-state index in [0.717, 1.165) is 5.56 Å². The van der Waals surface area contributed by atoms with E-state index in [1.54, 1.807) is 29.2 Å². The number of amides is 1. The van der Waals surface area contributed by atoms with Gasteiger partial charge >= 0.3 is 0 Å². The van der Waals surface area contributed by atoms with Crippen LogP contribution in [0.1, 0.15) is 12.0 Å². The number of benzene rings is 2. The molecule has 142 valence electrons. The highest BCUT2D eigenvalue weighted by atomic mass is 35.5. The third-order valence-electron chi connectivity index (χ3n) is 4.65. The van der Waals surface area contributed by atoms with Crippen LogP contribution in [0.15, 0.2) is 42.5 Å². The van der Waals surface area contributed by atoms with Gasteiger partial charge in [0.15, 0.2) is 0 Å². The van der Waals surface area contributed by atoms with E-state index < -0.39 is 4.92 Å². The summed E-state index contributed by atoms with van der Waals surface area (Å²) in [4.78, 5) is 26.9. The molecule has 0 N–H and O–H groups in total. The Kier molecular flexibility index (Phi) is 5.91. The van der Waals surface area contributed by atoms with Crippen LogP contribution in [-0.4, -0.2) is 41.9 Å². The van der Waals surface area contributed by atoms with Crippen molar-refractivity contribution < 1.29 is 14.1 Å². The second kappa shape index (κ2) is 8.35. The van der Waals surface area contributed by atoms with E-state index >= 15 is 0 Å². The average molecular weight is 392 g/mol. The van der Waals surface area contributed by atoms with Gasteiger partial charge < -0.3 is 9.80 Å². The van der Waals surface area contributed by atoms with Gasteiger partial charge in [0.25, 0.3) is 5.69 Å². The summed E-state index contributed by atoms with van der Waals surface area (Å²) in [7, 11) is 0. The lowest BCUT2D eigenvalue weighted by atomic mass is 10.1. The zero-order valence-electron chi connectivity index (χ0n) is 14.6. The van der Waals surface area contributed by atoms with E-state index in [0.29, 0.717) is 49.7 Å². The van der Waals surface area contributed by atoms with E-state index in [1.165, 1.54) is 18.2 Å². The minimum absolute atomic E-state index is 0.0291. The van der Waals surface area contributed by atoms with Gasteiger partial charge in [-0.1, -0.05) is 23.7 Å². The van der Waals surface area contributed by atoms with E-state index in [2.05, 4.69) is 0 Å². The number of nitro groups is 1. The van der Waals surface area contributed by atoms with Crippen LogP contribution >= 0.6 is 11.6 Å². The first-order valence-corrected chi connectivity index (χ1v) is 9.03. The quantitative estimate of drug-likeness (QED) is 0.576. The Morgan fingerprint density at radius 2 is 1.78 bits per heavy atom. The summed E-state index contributed by atoms with van der Waals surface area (Å²) in [5.74, 6) is -0.262. The summed E-state index contributed by atoms with van der Waals surface area (Å²) in [6.45, 7) is 2.04. The zero-order chi connectivity index (χ0) is 19.4. The number of hydrogen-bond acceptors (Lipinski definition) is 4. The van der Waals surface area contributed by atoms with Crippen molar-refractivity contribution in [2.24, 2.45) is 0 Å². The molecule has 8 heteroatoms. The fourth-order valence-corrected chi connectivity index (χ4v) is 3.33. The largest absolute Gasteiger partial charge is 0.362 e. The number of carbonyl (C=O) groups excluding carboxylic acids is 1. The lowest BCUT2D eigenvalue weighted by molar-refractivity contribution is -0.384. The molecule has 6 nitrogen and oxygen atoms in total. The van der Waals surface area contributed by atoms with E-state index in [9.17, 15) is 19.3 Å². The molecular formula is C19H19ClFN3O3. The Labute approximate surface area is 161 Å². The van der Waals surface area contributed by atoms with Crippen molar-refractivity contribution in [1.29, 1.82) is 0 Å². The van der Waals surface area contributed by atoms with Gasteiger partial charge in [-0.25, -0.2) is 4.39 Å². The van der Waals surface area contributed by atoms with Crippen molar-refractivity contribution in [3.05, 3.63) is 69.0 Å². The monoisotopic (exact) mass is 391 g/mol. The first-order chi connectivity index (χ1) is 12.9. The van der Waals surface area contributed by atoms with Crippen molar-refractivity contribution in [1.82, 2.24) is 4.90 Å². The molecule has 2 aromatic rings. The van der Waals surface area contributed by atoms with Crippen molar-refractivity contribution in [3.63, 3.8) is 0 Å². The highest BCUT2D eigenvalue weighted by molar-refractivity contribution is 6.30. The van der Waals surface area contributed by atoms with E-state index in [4.69, 9.17) is 11.6 Å². The predicted molar refractivity (Wildman–Crippen MR) is 102 cm³/mol. The molecule has 0 aromatic heterocycles. The number of nitrogens with zero attached hydrogens (tertiary/aromatic N) is 3.